The SMILES string of the molecule is C=CC1CN(CC(CC)c2nc(Br)c3c(N)nccn23)C(=O)O1. The molecule has 2 atom stereocenters. The number of fused-ring (bicyclic) bond motifs is 1. The Morgan fingerprint density at radius 3 is 3.09 bits per heavy atom. The van der Waals surface area contributed by atoms with Gasteiger partial charge in [0.05, 0.1) is 6.54 Å². The number of carbonyl (C=O) groups excluding carboxylic acids is 1. The Hall–Kier alpha value is -2.09. The van der Waals surface area contributed by atoms with E-state index in [1.165, 1.54) is 0 Å². The third-order valence-electron chi connectivity index (χ3n) is 4.04. The molecule has 3 rings (SSSR count). The van der Waals surface area contributed by atoms with E-state index in [1.54, 1.807) is 17.2 Å². The normalized spacial score (nSPS) is 19.1. The Morgan fingerprint density at radius 2 is 2.43 bits per heavy atom. The lowest BCUT2D eigenvalue weighted by molar-refractivity contribution is 0.144. The van der Waals surface area contributed by atoms with Gasteiger partial charge in [0.1, 0.15) is 22.0 Å². The number of nitrogens with two attached hydrogens (primary N) is 1. The average molecular weight is 380 g/mol. The molecule has 1 saturated heterocycles. The highest BCUT2D eigenvalue weighted by molar-refractivity contribution is 9.10. The molecule has 1 aliphatic heterocycles. The van der Waals surface area contributed by atoms with Crippen molar-refractivity contribution < 1.29 is 9.53 Å². The first-order valence-electron chi connectivity index (χ1n) is 7.41. The van der Waals surface area contributed by atoms with Crippen LogP contribution in [0.4, 0.5) is 10.6 Å². The van der Waals surface area contributed by atoms with Crippen LogP contribution in [0.3, 0.4) is 0 Å². The van der Waals surface area contributed by atoms with E-state index in [0.717, 1.165) is 17.8 Å². The standard InChI is InChI=1S/C15H18BrN5O2/c1-3-9(7-20-8-10(4-2)23-15(20)22)14-19-12(16)11-13(17)18-5-6-21(11)14/h4-6,9-10H,2-3,7-8H2,1H3,(H2,17,18). The highest BCUT2D eigenvalue weighted by Crippen LogP contribution is 2.29. The molecule has 0 spiro atoms. The van der Waals surface area contributed by atoms with Crippen LogP contribution >= 0.6 is 15.9 Å². The molecule has 1 amide bonds. The van der Waals surface area contributed by atoms with E-state index in [9.17, 15) is 4.79 Å². The summed E-state index contributed by atoms with van der Waals surface area (Å²) < 4.78 is 7.80. The second-order valence-corrected chi connectivity index (χ2v) is 6.21. The Labute approximate surface area is 142 Å². The van der Waals surface area contributed by atoms with Gasteiger partial charge in [-0.3, -0.25) is 4.40 Å². The zero-order valence-corrected chi connectivity index (χ0v) is 14.4. The molecule has 0 aliphatic carbocycles. The molecule has 23 heavy (non-hydrogen) atoms. The van der Waals surface area contributed by atoms with E-state index >= 15 is 0 Å². The summed E-state index contributed by atoms with van der Waals surface area (Å²) in [4.78, 5) is 22.3. The molecule has 0 saturated carbocycles. The Bertz CT molecular complexity index is 760. The molecule has 8 heteroatoms. The van der Waals surface area contributed by atoms with Gasteiger partial charge < -0.3 is 15.4 Å². The maximum atomic E-state index is 11.9. The smallest absolute Gasteiger partial charge is 0.410 e. The van der Waals surface area contributed by atoms with Crippen molar-refractivity contribution in [3.05, 3.63) is 35.5 Å². The lowest BCUT2D eigenvalue weighted by atomic mass is 10.1. The molecule has 0 radical (unpaired) electrons. The maximum Gasteiger partial charge on any atom is 0.410 e. The van der Waals surface area contributed by atoms with Gasteiger partial charge >= 0.3 is 6.09 Å². The zero-order valence-electron chi connectivity index (χ0n) is 12.8. The molecule has 0 bridgehead atoms. The van der Waals surface area contributed by atoms with Gasteiger partial charge in [0, 0.05) is 24.9 Å². The zero-order chi connectivity index (χ0) is 16.6. The second kappa shape index (κ2) is 6.19. The van der Waals surface area contributed by atoms with E-state index < -0.39 is 0 Å². The van der Waals surface area contributed by atoms with Crippen molar-refractivity contribution in [3.63, 3.8) is 0 Å². The summed E-state index contributed by atoms with van der Waals surface area (Å²) >= 11 is 3.44. The molecule has 122 valence electrons. The van der Waals surface area contributed by atoms with Gasteiger partial charge in [-0.05, 0) is 28.4 Å². The molecule has 2 N–H and O–H groups in total. The van der Waals surface area contributed by atoms with Crippen LogP contribution in [0.5, 0.6) is 0 Å². The van der Waals surface area contributed by atoms with Gasteiger partial charge in [0.2, 0.25) is 0 Å². The maximum absolute atomic E-state index is 11.9. The minimum atomic E-state index is -0.311. The number of nitrogens with zero attached hydrogens (tertiary/aromatic N) is 4. The Kier molecular flexibility index (Phi) is 4.25. The number of carbonyl (C=O) groups is 1. The van der Waals surface area contributed by atoms with Crippen LogP contribution in [-0.2, 0) is 4.74 Å². The Balaban J connectivity index is 1.92. The van der Waals surface area contributed by atoms with Crippen molar-refractivity contribution in [1.82, 2.24) is 19.3 Å². The minimum absolute atomic E-state index is 0.0618. The quantitative estimate of drug-likeness (QED) is 0.806. The first-order valence-corrected chi connectivity index (χ1v) is 8.20. The summed E-state index contributed by atoms with van der Waals surface area (Å²) in [5.41, 5.74) is 6.68. The summed E-state index contributed by atoms with van der Waals surface area (Å²) in [5.74, 6) is 1.32. The van der Waals surface area contributed by atoms with Crippen molar-refractivity contribution in [2.24, 2.45) is 0 Å². The van der Waals surface area contributed by atoms with Crippen molar-refractivity contribution in [3.8, 4) is 0 Å². The number of nitrogen functional groups attached to an aromatic ring is 1. The van der Waals surface area contributed by atoms with Crippen LogP contribution in [0.25, 0.3) is 5.52 Å². The lowest BCUT2D eigenvalue weighted by Crippen LogP contribution is -2.30. The first kappa shape index (κ1) is 15.8. The third-order valence-corrected chi connectivity index (χ3v) is 4.59. The third kappa shape index (κ3) is 2.78. The van der Waals surface area contributed by atoms with Crippen LogP contribution in [-0.4, -0.2) is 44.6 Å². The molecule has 1 fully saturated rings. The topological polar surface area (TPSA) is 85.8 Å². The van der Waals surface area contributed by atoms with Crippen LogP contribution in [0.2, 0.25) is 0 Å². The monoisotopic (exact) mass is 379 g/mol. The summed E-state index contributed by atoms with van der Waals surface area (Å²) in [5, 5.41) is 0. The number of halogens is 1. The van der Waals surface area contributed by atoms with Crippen molar-refractivity contribution in [1.29, 1.82) is 0 Å². The molecule has 2 aromatic rings. The highest BCUT2D eigenvalue weighted by Gasteiger charge is 2.32. The fourth-order valence-corrected chi connectivity index (χ4v) is 3.37. The van der Waals surface area contributed by atoms with Crippen LogP contribution in [0.15, 0.2) is 29.7 Å². The molecule has 7 nitrogen and oxygen atoms in total. The van der Waals surface area contributed by atoms with Gasteiger partial charge in [0.15, 0.2) is 5.82 Å². The van der Waals surface area contributed by atoms with E-state index in [4.69, 9.17) is 10.5 Å². The van der Waals surface area contributed by atoms with Gasteiger partial charge in [-0.15, -0.1) is 0 Å². The summed E-state index contributed by atoms with van der Waals surface area (Å²) in [6.07, 6.45) is 5.39. The molecule has 1 aliphatic rings. The van der Waals surface area contributed by atoms with Gasteiger partial charge in [-0.1, -0.05) is 13.5 Å². The molecule has 0 aromatic carbocycles. The van der Waals surface area contributed by atoms with Gasteiger partial charge in [-0.25, -0.2) is 14.8 Å². The van der Waals surface area contributed by atoms with E-state index in [1.807, 2.05) is 10.6 Å². The second-order valence-electron chi connectivity index (χ2n) is 5.46. The van der Waals surface area contributed by atoms with E-state index in [0.29, 0.717) is 23.5 Å². The lowest BCUT2D eigenvalue weighted by Gasteiger charge is -2.20. The van der Waals surface area contributed by atoms with Crippen LogP contribution in [0.1, 0.15) is 25.1 Å². The van der Waals surface area contributed by atoms with Crippen LogP contribution < -0.4 is 5.73 Å². The number of hydrogen-bond acceptors (Lipinski definition) is 5. The fraction of sp³-hybridized carbons (Fsp3) is 0.400. The highest BCUT2D eigenvalue weighted by atomic mass is 79.9. The molecule has 3 heterocycles. The first-order chi connectivity index (χ1) is 11.0. The number of imidazole rings is 1. The van der Waals surface area contributed by atoms with Crippen LogP contribution in [0, 0.1) is 0 Å². The number of amides is 1. The number of cyclic esters (lactones) is 1. The number of ether oxygens (including phenoxy) is 1. The summed E-state index contributed by atoms with van der Waals surface area (Å²) in [6, 6.07) is 0. The molecular formula is C15H18BrN5O2. The van der Waals surface area contributed by atoms with Gasteiger partial charge in [0.25, 0.3) is 0 Å². The fourth-order valence-electron chi connectivity index (χ4n) is 2.79. The largest absolute Gasteiger partial charge is 0.440 e. The van der Waals surface area contributed by atoms with Crippen molar-refractivity contribution >= 4 is 33.4 Å². The predicted molar refractivity (Wildman–Crippen MR) is 90.2 cm³/mol. The average Bonchev–Trinajstić information content (AvgIpc) is 3.06. The number of anilines is 1. The molecule has 2 aromatic heterocycles. The Morgan fingerprint density at radius 1 is 1.65 bits per heavy atom. The molecule has 2 unspecified atom stereocenters. The number of hydrogen-bond donors (Lipinski definition) is 1. The molecular weight excluding hydrogens is 362 g/mol. The van der Waals surface area contributed by atoms with E-state index in [-0.39, 0.29) is 18.1 Å². The summed E-state index contributed by atoms with van der Waals surface area (Å²) in [6.45, 7) is 6.80. The van der Waals surface area contributed by atoms with E-state index in [2.05, 4.69) is 39.4 Å². The predicted octanol–water partition coefficient (Wildman–Crippen LogP) is 2.57. The van der Waals surface area contributed by atoms with Crippen molar-refractivity contribution in [2.75, 3.05) is 18.8 Å². The van der Waals surface area contributed by atoms with Crippen molar-refractivity contribution in [2.45, 2.75) is 25.4 Å². The minimum Gasteiger partial charge on any atom is -0.440 e. The van der Waals surface area contributed by atoms with Gasteiger partial charge in [-0.2, -0.15) is 0 Å². The number of rotatable bonds is 5. The summed E-state index contributed by atoms with van der Waals surface area (Å²) in [7, 11) is 0. The number of aromatic nitrogens is 3.